The second-order valence-electron chi connectivity index (χ2n) is 10.3. The van der Waals surface area contributed by atoms with Crippen LogP contribution in [0.2, 0.25) is 0 Å². The quantitative estimate of drug-likeness (QED) is 0.146. The molecule has 0 saturated carbocycles. The Bertz CT molecular complexity index is 2200. The van der Waals surface area contributed by atoms with Crippen LogP contribution >= 0.6 is 0 Å². The maximum absolute atomic E-state index is 14.0. The van der Waals surface area contributed by atoms with Crippen molar-refractivity contribution in [3.8, 4) is 11.1 Å². The van der Waals surface area contributed by atoms with E-state index in [-0.39, 0.29) is 22.4 Å². The SMILES string of the molecule is O=C(c1ccccc1)c1cc2ccc3c4c2c(c1)c(=O)c1ccc2cc(C(=O)c5ccccc5)cc(c3=O)c2c1-4. The molecule has 4 nitrogen and oxygen atoms in total. The van der Waals surface area contributed by atoms with Gasteiger partial charge in [-0.25, -0.2) is 0 Å². The molecule has 0 N–H and O–H groups in total. The molecule has 2 aliphatic rings. The summed E-state index contributed by atoms with van der Waals surface area (Å²) in [6.45, 7) is 0. The van der Waals surface area contributed by atoms with E-state index in [9.17, 15) is 19.2 Å². The van der Waals surface area contributed by atoms with Gasteiger partial charge in [0.05, 0.1) is 0 Å². The second kappa shape index (κ2) is 8.01. The molecule has 6 aromatic carbocycles. The van der Waals surface area contributed by atoms with Gasteiger partial charge in [0.1, 0.15) is 0 Å². The molecule has 2 aliphatic carbocycles. The average Bonchev–Trinajstić information content (AvgIpc) is 3.01. The van der Waals surface area contributed by atoms with Crippen LogP contribution in [0, 0.1) is 0 Å². The minimum absolute atomic E-state index is 0.164. The largest absolute Gasteiger partial charge is 0.289 e. The molecule has 0 heterocycles. The van der Waals surface area contributed by atoms with Crippen LogP contribution in [0.15, 0.2) is 119 Å². The summed E-state index contributed by atoms with van der Waals surface area (Å²) in [5, 5.41) is 4.69. The van der Waals surface area contributed by atoms with Crippen LogP contribution in [0.5, 0.6) is 0 Å². The van der Waals surface area contributed by atoms with Crippen LogP contribution in [0.25, 0.3) is 54.2 Å². The van der Waals surface area contributed by atoms with Gasteiger partial charge in [0.2, 0.25) is 0 Å². The Morgan fingerprint density at radius 2 is 0.800 bits per heavy atom. The molecule has 0 unspecified atom stereocenters. The van der Waals surface area contributed by atoms with Crippen LogP contribution in [0.3, 0.4) is 0 Å². The third kappa shape index (κ3) is 2.96. The summed E-state index contributed by atoms with van der Waals surface area (Å²) >= 11 is 0. The first-order chi connectivity index (χ1) is 19.5. The second-order valence-corrected chi connectivity index (χ2v) is 10.3. The zero-order valence-electron chi connectivity index (χ0n) is 21.0. The Labute approximate surface area is 227 Å². The van der Waals surface area contributed by atoms with E-state index in [4.69, 9.17) is 0 Å². The van der Waals surface area contributed by atoms with Gasteiger partial charge in [0.25, 0.3) is 0 Å². The summed E-state index contributed by atoms with van der Waals surface area (Å²) < 4.78 is 0. The minimum atomic E-state index is -0.181. The highest BCUT2D eigenvalue weighted by atomic mass is 16.1. The van der Waals surface area contributed by atoms with Crippen LogP contribution in [0.4, 0.5) is 0 Å². The maximum atomic E-state index is 14.0. The Morgan fingerprint density at radius 1 is 0.400 bits per heavy atom. The van der Waals surface area contributed by atoms with Crippen molar-refractivity contribution in [1.29, 1.82) is 0 Å². The summed E-state index contributed by atoms with van der Waals surface area (Å²) in [6.07, 6.45) is 0. The third-order valence-electron chi connectivity index (χ3n) is 8.06. The van der Waals surface area contributed by atoms with Gasteiger partial charge in [0.15, 0.2) is 22.4 Å². The summed E-state index contributed by atoms with van der Waals surface area (Å²) in [5.74, 6) is -0.329. The number of benzene rings is 8. The Balaban J connectivity index is 1.47. The van der Waals surface area contributed by atoms with Gasteiger partial charge in [-0.1, -0.05) is 72.8 Å². The normalized spacial score (nSPS) is 11.9. The molecular formula is C36H18O4. The standard InChI is InChI=1S/C36H18O4/c37-33(19-7-3-1-4-8-19)23-15-21-11-13-26-31-29(21)27(17-23)35(39)25-14-12-22-16-24(34(38)20-9-5-2-6-10-20)18-28(36(26)40)30(22)32(25)31/h1-18H. The van der Waals surface area contributed by atoms with E-state index in [1.54, 1.807) is 72.8 Å². The monoisotopic (exact) mass is 514 g/mol. The summed E-state index contributed by atoms with van der Waals surface area (Å²) in [5.41, 5.74) is 3.04. The first-order valence-electron chi connectivity index (χ1n) is 13.0. The highest BCUT2D eigenvalue weighted by molar-refractivity contribution is 6.30. The average molecular weight is 515 g/mol. The fourth-order valence-electron chi connectivity index (χ4n) is 6.25. The molecule has 186 valence electrons. The first-order valence-corrected chi connectivity index (χ1v) is 13.0. The number of ketones is 2. The zero-order chi connectivity index (χ0) is 27.1. The van der Waals surface area contributed by atoms with Gasteiger partial charge in [-0.05, 0) is 47.2 Å². The molecule has 0 saturated heterocycles. The lowest BCUT2D eigenvalue weighted by Crippen LogP contribution is -2.14. The number of carbonyl (C=O) groups excluding carboxylic acids is 2. The van der Waals surface area contributed by atoms with Gasteiger partial charge >= 0.3 is 0 Å². The summed E-state index contributed by atoms with van der Waals surface area (Å²) in [6, 6.07) is 32.0. The highest BCUT2D eigenvalue weighted by Crippen LogP contribution is 2.45. The van der Waals surface area contributed by atoms with Gasteiger partial charge in [0, 0.05) is 65.7 Å². The molecule has 0 amide bonds. The molecule has 4 heteroatoms. The molecule has 0 fully saturated rings. The smallest absolute Gasteiger partial charge is 0.194 e. The van der Waals surface area contributed by atoms with Crippen molar-refractivity contribution in [1.82, 2.24) is 0 Å². The lowest BCUT2D eigenvalue weighted by atomic mass is 9.80. The zero-order valence-corrected chi connectivity index (χ0v) is 21.0. The van der Waals surface area contributed by atoms with Crippen molar-refractivity contribution < 1.29 is 9.59 Å². The van der Waals surface area contributed by atoms with Crippen molar-refractivity contribution >= 4 is 54.7 Å². The molecule has 6 aromatic rings. The van der Waals surface area contributed by atoms with Crippen LogP contribution < -0.4 is 10.9 Å². The van der Waals surface area contributed by atoms with Crippen molar-refractivity contribution in [3.63, 3.8) is 0 Å². The summed E-state index contributed by atoms with van der Waals surface area (Å²) in [4.78, 5) is 54.6. The molecule has 0 radical (unpaired) electrons. The fourth-order valence-corrected chi connectivity index (χ4v) is 6.25. The molecule has 0 aliphatic heterocycles. The van der Waals surface area contributed by atoms with Crippen molar-refractivity contribution in [3.05, 3.63) is 152 Å². The van der Waals surface area contributed by atoms with Crippen molar-refractivity contribution in [2.45, 2.75) is 0 Å². The fraction of sp³-hybridized carbons (Fsp3) is 0. The predicted molar refractivity (Wildman–Crippen MR) is 159 cm³/mol. The van der Waals surface area contributed by atoms with Crippen molar-refractivity contribution in [2.75, 3.05) is 0 Å². The Hall–Kier alpha value is -5.48. The Kier molecular flexibility index (Phi) is 4.51. The Morgan fingerprint density at radius 3 is 1.20 bits per heavy atom. The van der Waals surface area contributed by atoms with E-state index in [1.165, 1.54) is 0 Å². The summed E-state index contributed by atoms with van der Waals surface area (Å²) in [7, 11) is 0. The van der Waals surface area contributed by atoms with E-state index < -0.39 is 0 Å². The van der Waals surface area contributed by atoms with E-state index >= 15 is 0 Å². The van der Waals surface area contributed by atoms with Crippen LogP contribution in [0.1, 0.15) is 31.8 Å². The maximum Gasteiger partial charge on any atom is 0.194 e. The molecule has 40 heavy (non-hydrogen) atoms. The van der Waals surface area contributed by atoms with Gasteiger partial charge in [-0.15, -0.1) is 0 Å². The highest BCUT2D eigenvalue weighted by Gasteiger charge is 2.27. The van der Waals surface area contributed by atoms with E-state index in [1.807, 2.05) is 36.4 Å². The number of rotatable bonds is 4. The van der Waals surface area contributed by atoms with Gasteiger partial charge in [-0.2, -0.15) is 0 Å². The molecule has 0 spiro atoms. The van der Waals surface area contributed by atoms with Crippen LogP contribution in [-0.4, -0.2) is 11.6 Å². The van der Waals surface area contributed by atoms with Gasteiger partial charge < -0.3 is 0 Å². The third-order valence-corrected chi connectivity index (χ3v) is 8.06. The van der Waals surface area contributed by atoms with E-state index in [0.717, 1.165) is 21.9 Å². The number of hydrogen-bond donors (Lipinski definition) is 0. The number of carbonyl (C=O) groups is 2. The first kappa shape index (κ1) is 22.5. The molecule has 0 aromatic heterocycles. The van der Waals surface area contributed by atoms with Crippen molar-refractivity contribution in [2.24, 2.45) is 0 Å². The minimum Gasteiger partial charge on any atom is -0.289 e. The molecular weight excluding hydrogens is 496 g/mol. The number of hydrogen-bond acceptors (Lipinski definition) is 4. The van der Waals surface area contributed by atoms with E-state index in [0.29, 0.717) is 54.6 Å². The molecule has 0 bridgehead atoms. The molecule has 8 rings (SSSR count). The lowest BCUT2D eigenvalue weighted by molar-refractivity contribution is 0.103. The van der Waals surface area contributed by atoms with E-state index in [2.05, 4.69) is 0 Å². The topological polar surface area (TPSA) is 68.3 Å². The predicted octanol–water partition coefficient (Wildman–Crippen LogP) is 6.90. The molecule has 0 atom stereocenters. The van der Waals surface area contributed by atoms with Crippen LogP contribution in [-0.2, 0) is 0 Å². The van der Waals surface area contributed by atoms with Gasteiger partial charge in [-0.3, -0.25) is 19.2 Å². The lowest BCUT2D eigenvalue weighted by Gasteiger charge is -2.21.